The Bertz CT molecular complexity index is 1490. The van der Waals surface area contributed by atoms with Crippen molar-refractivity contribution in [1.82, 2.24) is 19.2 Å². The fourth-order valence-corrected chi connectivity index (χ4v) is 6.46. The van der Waals surface area contributed by atoms with Gasteiger partial charge in [-0.3, -0.25) is 9.69 Å². The average molecular weight is 537 g/mol. The number of aromatic nitrogens is 2. The molecule has 2 aromatic heterocycles. The molecule has 3 heterocycles. The molecule has 40 heavy (non-hydrogen) atoms. The molecule has 2 atom stereocenters. The molecule has 208 valence electrons. The molecule has 1 saturated carbocycles. The van der Waals surface area contributed by atoms with Gasteiger partial charge >= 0.3 is 0 Å². The van der Waals surface area contributed by atoms with Gasteiger partial charge in [0.15, 0.2) is 0 Å². The van der Waals surface area contributed by atoms with Crippen LogP contribution in [-0.4, -0.2) is 64.5 Å². The monoisotopic (exact) mass is 536 g/mol. The number of ether oxygens (including phenoxy) is 1. The molecule has 6 nitrogen and oxygen atoms in total. The molecule has 2 fully saturated rings. The summed E-state index contributed by atoms with van der Waals surface area (Å²) in [7, 11) is 1.77. The van der Waals surface area contributed by atoms with Crippen LogP contribution in [0.2, 0.25) is 0 Å². The Kier molecular flexibility index (Phi) is 7.72. The van der Waals surface area contributed by atoms with Crippen LogP contribution < -0.4 is 0 Å². The second-order valence-corrected chi connectivity index (χ2v) is 11.6. The summed E-state index contributed by atoms with van der Waals surface area (Å²) in [5, 5.41) is 0. The lowest BCUT2D eigenvalue weighted by atomic mass is 9.86. The molecule has 0 spiro atoms. The number of nitrogens with zero attached hydrogens (tertiary/aromatic N) is 4. The van der Waals surface area contributed by atoms with Gasteiger partial charge in [-0.15, -0.1) is 0 Å². The highest BCUT2D eigenvalue weighted by Gasteiger charge is 2.32. The maximum atomic E-state index is 13.3. The minimum Gasteiger partial charge on any atom is -0.381 e. The van der Waals surface area contributed by atoms with Crippen molar-refractivity contribution in [2.75, 3.05) is 33.3 Å². The van der Waals surface area contributed by atoms with Gasteiger partial charge in [0, 0.05) is 57.5 Å². The van der Waals surface area contributed by atoms with E-state index in [0.29, 0.717) is 5.91 Å². The van der Waals surface area contributed by atoms with Crippen LogP contribution in [0.4, 0.5) is 0 Å². The van der Waals surface area contributed by atoms with Crippen molar-refractivity contribution in [2.24, 2.45) is 5.92 Å². The van der Waals surface area contributed by atoms with E-state index in [1.807, 2.05) is 0 Å². The number of carbonyl (C=O) groups is 1. The molecule has 0 bridgehead atoms. The van der Waals surface area contributed by atoms with Crippen LogP contribution in [0.3, 0.4) is 0 Å². The Morgan fingerprint density at radius 2 is 1.75 bits per heavy atom. The topological polar surface area (TPSA) is 50.1 Å². The highest BCUT2D eigenvalue weighted by molar-refractivity contribution is 5.79. The molecule has 6 rings (SSSR count). The van der Waals surface area contributed by atoms with Crippen molar-refractivity contribution in [3.8, 4) is 22.4 Å². The third kappa shape index (κ3) is 5.43. The molecule has 0 radical (unpaired) electrons. The SMILES string of the molecule is CO[C@H]1CCC[C@H](C(=O)N2CCN(Cc3c(-c4ccccc4)nc4ccc(-c5cc(C)ccc5C)cn34)CC2)C1. The molecule has 2 aliphatic rings. The van der Waals surface area contributed by atoms with E-state index in [0.717, 1.165) is 75.3 Å². The first-order valence-corrected chi connectivity index (χ1v) is 14.7. The number of imidazole rings is 1. The van der Waals surface area contributed by atoms with E-state index in [4.69, 9.17) is 9.72 Å². The second kappa shape index (κ2) is 11.6. The lowest BCUT2D eigenvalue weighted by molar-refractivity contribution is -0.140. The molecule has 0 N–H and O–H groups in total. The summed E-state index contributed by atoms with van der Waals surface area (Å²) in [4.78, 5) is 23.0. The summed E-state index contributed by atoms with van der Waals surface area (Å²) in [5.41, 5.74) is 9.31. The predicted octanol–water partition coefficient (Wildman–Crippen LogP) is 6.13. The normalized spacial score (nSPS) is 20.2. The van der Waals surface area contributed by atoms with Gasteiger partial charge in [0.05, 0.1) is 17.5 Å². The molecule has 2 aromatic carbocycles. The van der Waals surface area contributed by atoms with E-state index in [1.165, 1.54) is 27.9 Å². The Morgan fingerprint density at radius 1 is 0.950 bits per heavy atom. The maximum Gasteiger partial charge on any atom is 0.225 e. The Labute approximate surface area is 237 Å². The first kappa shape index (κ1) is 26.7. The fourth-order valence-electron chi connectivity index (χ4n) is 6.46. The molecular weight excluding hydrogens is 496 g/mol. The van der Waals surface area contributed by atoms with Crippen LogP contribution in [0, 0.1) is 19.8 Å². The number of pyridine rings is 1. The summed E-state index contributed by atoms with van der Waals surface area (Å²) in [6.07, 6.45) is 6.48. The van der Waals surface area contributed by atoms with Gasteiger partial charge < -0.3 is 14.0 Å². The van der Waals surface area contributed by atoms with Crippen molar-refractivity contribution in [3.05, 3.63) is 83.7 Å². The predicted molar refractivity (Wildman–Crippen MR) is 160 cm³/mol. The maximum absolute atomic E-state index is 13.3. The van der Waals surface area contributed by atoms with Crippen LogP contribution >= 0.6 is 0 Å². The van der Waals surface area contributed by atoms with Crippen LogP contribution in [0.1, 0.15) is 42.5 Å². The molecule has 1 amide bonds. The van der Waals surface area contributed by atoms with Crippen LogP contribution in [0.15, 0.2) is 66.9 Å². The zero-order chi connectivity index (χ0) is 27.6. The molecule has 1 aliphatic carbocycles. The van der Waals surface area contributed by atoms with Crippen molar-refractivity contribution >= 4 is 11.6 Å². The number of rotatable bonds is 6. The summed E-state index contributed by atoms with van der Waals surface area (Å²) >= 11 is 0. The van der Waals surface area contributed by atoms with E-state index in [2.05, 4.69) is 94.9 Å². The molecule has 1 saturated heterocycles. The van der Waals surface area contributed by atoms with Gasteiger partial charge in [0.1, 0.15) is 5.65 Å². The van der Waals surface area contributed by atoms with Gasteiger partial charge in [-0.25, -0.2) is 4.98 Å². The number of amides is 1. The van der Waals surface area contributed by atoms with E-state index in [1.54, 1.807) is 7.11 Å². The number of fused-ring (bicyclic) bond motifs is 1. The quantitative estimate of drug-likeness (QED) is 0.297. The van der Waals surface area contributed by atoms with Crippen molar-refractivity contribution in [2.45, 2.75) is 52.2 Å². The van der Waals surface area contributed by atoms with E-state index in [-0.39, 0.29) is 12.0 Å². The van der Waals surface area contributed by atoms with E-state index < -0.39 is 0 Å². The lowest BCUT2D eigenvalue weighted by Gasteiger charge is -2.38. The largest absolute Gasteiger partial charge is 0.381 e. The second-order valence-electron chi connectivity index (χ2n) is 11.6. The van der Waals surface area contributed by atoms with E-state index in [9.17, 15) is 4.79 Å². The summed E-state index contributed by atoms with van der Waals surface area (Å²) in [5.74, 6) is 0.427. The molecule has 6 heteroatoms. The minimum atomic E-state index is 0.109. The number of methoxy groups -OCH3 is 1. The molecule has 0 unspecified atom stereocenters. The third-order valence-electron chi connectivity index (χ3n) is 8.83. The zero-order valence-corrected chi connectivity index (χ0v) is 24.0. The summed E-state index contributed by atoms with van der Waals surface area (Å²) < 4.78 is 7.86. The summed E-state index contributed by atoms with van der Waals surface area (Å²) in [6, 6.07) is 21.5. The van der Waals surface area contributed by atoms with Crippen molar-refractivity contribution in [3.63, 3.8) is 0 Å². The van der Waals surface area contributed by atoms with Gasteiger partial charge in [-0.1, -0.05) is 60.5 Å². The van der Waals surface area contributed by atoms with Crippen LogP contribution in [-0.2, 0) is 16.1 Å². The van der Waals surface area contributed by atoms with Gasteiger partial charge in [0.25, 0.3) is 0 Å². The first-order valence-electron chi connectivity index (χ1n) is 14.7. The molecular formula is C34H40N4O2. The minimum absolute atomic E-state index is 0.109. The Balaban J connectivity index is 1.26. The third-order valence-corrected chi connectivity index (χ3v) is 8.83. The Hall–Kier alpha value is -3.48. The smallest absolute Gasteiger partial charge is 0.225 e. The van der Waals surface area contributed by atoms with Gasteiger partial charge in [0.2, 0.25) is 5.91 Å². The first-order chi connectivity index (χ1) is 19.5. The van der Waals surface area contributed by atoms with E-state index >= 15 is 0 Å². The number of aryl methyl sites for hydroxylation is 2. The fraction of sp³-hybridized carbons (Fsp3) is 0.412. The van der Waals surface area contributed by atoms with Crippen molar-refractivity contribution in [1.29, 1.82) is 0 Å². The standard InChI is InChI=1S/C34H40N4O2/c1-24-12-13-25(2)30(20-24)28-14-15-32-35-33(26-8-5-4-6-9-26)31(38(32)22-28)23-36-16-18-37(19-17-36)34(39)27-10-7-11-29(21-27)40-3/h4-6,8-9,12-15,20,22,27,29H,7,10-11,16-19,21,23H2,1-3H3/t27-,29-/m0/s1. The lowest BCUT2D eigenvalue weighted by Crippen LogP contribution is -2.50. The number of hydrogen-bond donors (Lipinski definition) is 0. The number of benzene rings is 2. The van der Waals surface area contributed by atoms with Crippen LogP contribution in [0.5, 0.6) is 0 Å². The van der Waals surface area contributed by atoms with Crippen LogP contribution in [0.25, 0.3) is 28.0 Å². The number of piperazine rings is 1. The number of hydrogen-bond acceptors (Lipinski definition) is 4. The zero-order valence-electron chi connectivity index (χ0n) is 24.0. The average Bonchev–Trinajstić information content (AvgIpc) is 3.36. The number of carbonyl (C=O) groups excluding carboxylic acids is 1. The van der Waals surface area contributed by atoms with Crippen molar-refractivity contribution < 1.29 is 9.53 Å². The molecule has 4 aromatic rings. The Morgan fingerprint density at radius 3 is 2.52 bits per heavy atom. The van der Waals surface area contributed by atoms with Gasteiger partial charge in [-0.05, 0) is 61.9 Å². The summed E-state index contributed by atoms with van der Waals surface area (Å²) in [6.45, 7) is 8.39. The van der Waals surface area contributed by atoms with Gasteiger partial charge in [-0.2, -0.15) is 0 Å². The molecule has 1 aliphatic heterocycles. The highest BCUT2D eigenvalue weighted by atomic mass is 16.5. The highest BCUT2D eigenvalue weighted by Crippen LogP contribution is 2.31.